The lowest BCUT2D eigenvalue weighted by atomic mass is 10.2. The van der Waals surface area contributed by atoms with Crippen molar-refractivity contribution < 1.29 is 17.9 Å². The van der Waals surface area contributed by atoms with E-state index < -0.39 is 10.0 Å². The number of nitrogens with zero attached hydrogens (tertiary/aromatic N) is 1. The number of ether oxygens (including phenoxy) is 1. The number of carbonyl (C=O) groups excluding carboxylic acids is 1. The standard InChI is InChI=1S/C20H21ClN2O4S/c1-13-12-18(14(2)11-16(13)21)28(25,26)22-17-6-4-5-15-7-9-23(20(15)17)10-8-19(24)27-3/h4-7,9,11-12,22H,8,10H2,1-3H3. The fourth-order valence-electron chi connectivity index (χ4n) is 3.09. The Hall–Kier alpha value is -2.51. The minimum Gasteiger partial charge on any atom is -0.469 e. The lowest BCUT2D eigenvalue weighted by Crippen LogP contribution is -2.15. The van der Waals surface area contributed by atoms with Crippen LogP contribution in [0, 0.1) is 13.8 Å². The summed E-state index contributed by atoms with van der Waals surface area (Å²) in [5, 5.41) is 1.39. The molecule has 0 fully saturated rings. The lowest BCUT2D eigenvalue weighted by molar-refractivity contribution is -0.140. The number of carbonyl (C=O) groups is 1. The number of nitrogens with one attached hydrogen (secondary N) is 1. The molecule has 1 aromatic heterocycles. The van der Waals surface area contributed by atoms with Gasteiger partial charge in [0.15, 0.2) is 0 Å². The largest absolute Gasteiger partial charge is 0.469 e. The summed E-state index contributed by atoms with van der Waals surface area (Å²) in [7, 11) is -2.48. The number of aryl methyl sites for hydroxylation is 3. The van der Waals surface area contributed by atoms with Crippen LogP contribution in [-0.4, -0.2) is 26.1 Å². The van der Waals surface area contributed by atoms with E-state index in [-0.39, 0.29) is 17.3 Å². The van der Waals surface area contributed by atoms with E-state index in [9.17, 15) is 13.2 Å². The van der Waals surface area contributed by atoms with Gasteiger partial charge in [-0.2, -0.15) is 0 Å². The zero-order valence-corrected chi connectivity index (χ0v) is 17.4. The Balaban J connectivity index is 2.01. The van der Waals surface area contributed by atoms with E-state index in [4.69, 9.17) is 11.6 Å². The van der Waals surface area contributed by atoms with Crippen molar-refractivity contribution in [3.63, 3.8) is 0 Å². The summed E-state index contributed by atoms with van der Waals surface area (Å²) >= 11 is 6.10. The summed E-state index contributed by atoms with van der Waals surface area (Å²) in [5.74, 6) is -0.327. The third-order valence-electron chi connectivity index (χ3n) is 4.56. The van der Waals surface area contributed by atoms with Crippen molar-refractivity contribution in [3.8, 4) is 0 Å². The fourth-order valence-corrected chi connectivity index (χ4v) is 4.68. The Morgan fingerprint density at radius 1 is 1.18 bits per heavy atom. The lowest BCUT2D eigenvalue weighted by Gasteiger charge is -2.14. The predicted octanol–water partition coefficient (Wildman–Crippen LogP) is 4.28. The number of fused-ring (bicyclic) bond motifs is 1. The molecule has 3 aromatic rings. The molecule has 0 radical (unpaired) electrons. The van der Waals surface area contributed by atoms with Crippen molar-refractivity contribution in [3.05, 3.63) is 58.7 Å². The summed E-state index contributed by atoms with van der Waals surface area (Å²) in [4.78, 5) is 11.7. The molecule has 3 rings (SSSR count). The van der Waals surface area contributed by atoms with E-state index >= 15 is 0 Å². The number of esters is 1. The summed E-state index contributed by atoms with van der Waals surface area (Å²) < 4.78 is 35.3. The van der Waals surface area contributed by atoms with E-state index in [0.29, 0.717) is 33.9 Å². The topological polar surface area (TPSA) is 77.4 Å². The first-order chi connectivity index (χ1) is 13.2. The molecule has 0 saturated heterocycles. The maximum Gasteiger partial charge on any atom is 0.307 e. The molecule has 28 heavy (non-hydrogen) atoms. The van der Waals surface area contributed by atoms with Gasteiger partial charge in [-0.05, 0) is 49.2 Å². The van der Waals surface area contributed by atoms with Gasteiger partial charge in [0, 0.05) is 23.2 Å². The second kappa shape index (κ2) is 7.85. The van der Waals surface area contributed by atoms with Crippen LogP contribution >= 0.6 is 11.6 Å². The van der Waals surface area contributed by atoms with Crippen LogP contribution in [0.4, 0.5) is 5.69 Å². The second-order valence-corrected chi connectivity index (χ2v) is 8.61. The first-order valence-corrected chi connectivity index (χ1v) is 10.5. The highest BCUT2D eigenvalue weighted by Gasteiger charge is 2.20. The molecule has 1 N–H and O–H groups in total. The Bertz CT molecular complexity index is 1150. The molecular weight excluding hydrogens is 400 g/mol. The SMILES string of the molecule is COC(=O)CCn1ccc2cccc(NS(=O)(=O)c3cc(C)c(Cl)cc3C)c21. The highest BCUT2D eigenvalue weighted by Crippen LogP contribution is 2.29. The molecule has 1 heterocycles. The van der Waals surface area contributed by atoms with E-state index in [0.717, 1.165) is 5.39 Å². The van der Waals surface area contributed by atoms with Gasteiger partial charge in [-0.1, -0.05) is 23.7 Å². The number of rotatable bonds is 6. The predicted molar refractivity (Wildman–Crippen MR) is 110 cm³/mol. The summed E-state index contributed by atoms with van der Waals surface area (Å²) in [5.41, 5.74) is 2.40. The molecule has 0 aliphatic carbocycles. The molecule has 0 unspecified atom stereocenters. The molecular formula is C20H21ClN2O4S. The molecule has 0 amide bonds. The third-order valence-corrected chi connectivity index (χ3v) is 6.48. The van der Waals surface area contributed by atoms with Gasteiger partial charge in [-0.3, -0.25) is 9.52 Å². The zero-order chi connectivity index (χ0) is 20.5. The monoisotopic (exact) mass is 420 g/mol. The van der Waals surface area contributed by atoms with Crippen molar-refractivity contribution in [1.29, 1.82) is 0 Å². The smallest absolute Gasteiger partial charge is 0.307 e. The number of aromatic nitrogens is 1. The molecule has 2 aromatic carbocycles. The van der Waals surface area contributed by atoms with E-state index in [1.54, 1.807) is 38.1 Å². The molecule has 0 aliphatic heterocycles. The quantitative estimate of drug-likeness (QED) is 0.604. The zero-order valence-electron chi connectivity index (χ0n) is 15.8. The number of hydrogen-bond acceptors (Lipinski definition) is 4. The molecule has 8 heteroatoms. The minimum absolute atomic E-state index is 0.180. The van der Waals surface area contributed by atoms with E-state index in [1.807, 2.05) is 22.9 Å². The fraction of sp³-hybridized carbons (Fsp3) is 0.250. The van der Waals surface area contributed by atoms with Crippen molar-refractivity contribution in [2.45, 2.75) is 31.7 Å². The number of methoxy groups -OCH3 is 1. The van der Waals surface area contributed by atoms with Crippen LogP contribution in [0.3, 0.4) is 0 Å². The van der Waals surface area contributed by atoms with Crippen LogP contribution in [-0.2, 0) is 26.1 Å². The van der Waals surface area contributed by atoms with Crippen LogP contribution in [0.5, 0.6) is 0 Å². The average Bonchev–Trinajstić information content (AvgIpc) is 3.06. The van der Waals surface area contributed by atoms with E-state index in [2.05, 4.69) is 9.46 Å². The number of anilines is 1. The van der Waals surface area contributed by atoms with Crippen LogP contribution in [0.15, 0.2) is 47.5 Å². The molecule has 0 atom stereocenters. The van der Waals surface area contributed by atoms with Gasteiger partial charge in [-0.15, -0.1) is 0 Å². The number of halogens is 1. The second-order valence-electron chi connectivity index (χ2n) is 6.55. The number of sulfonamides is 1. The van der Waals surface area contributed by atoms with Crippen LogP contribution in [0.1, 0.15) is 17.5 Å². The van der Waals surface area contributed by atoms with Crippen LogP contribution in [0.2, 0.25) is 5.02 Å². The Labute approximate surface area is 169 Å². The van der Waals surface area contributed by atoms with Gasteiger partial charge in [0.2, 0.25) is 0 Å². The number of hydrogen-bond donors (Lipinski definition) is 1. The van der Waals surface area contributed by atoms with Gasteiger partial charge >= 0.3 is 5.97 Å². The molecule has 6 nitrogen and oxygen atoms in total. The number of benzene rings is 2. The van der Waals surface area contributed by atoms with Gasteiger partial charge in [0.1, 0.15) is 0 Å². The Morgan fingerprint density at radius 3 is 2.64 bits per heavy atom. The highest BCUT2D eigenvalue weighted by atomic mass is 35.5. The van der Waals surface area contributed by atoms with Crippen LogP contribution in [0.25, 0.3) is 10.9 Å². The number of para-hydroxylation sites is 1. The maximum absolute atomic E-state index is 13.0. The van der Waals surface area contributed by atoms with Crippen molar-refractivity contribution >= 4 is 44.2 Å². The average molecular weight is 421 g/mol. The summed E-state index contributed by atoms with van der Waals surface area (Å²) in [6.45, 7) is 3.85. The Kier molecular flexibility index (Phi) is 5.67. The van der Waals surface area contributed by atoms with Gasteiger partial charge in [0.05, 0.1) is 29.6 Å². The third kappa shape index (κ3) is 4.00. The van der Waals surface area contributed by atoms with Gasteiger partial charge in [0.25, 0.3) is 10.0 Å². The molecule has 0 bridgehead atoms. The van der Waals surface area contributed by atoms with Gasteiger partial charge < -0.3 is 9.30 Å². The van der Waals surface area contributed by atoms with E-state index in [1.165, 1.54) is 7.11 Å². The first kappa shape index (κ1) is 20.2. The highest BCUT2D eigenvalue weighted by molar-refractivity contribution is 7.92. The minimum atomic E-state index is -3.82. The maximum atomic E-state index is 13.0. The summed E-state index contributed by atoms with van der Waals surface area (Å²) in [6, 6.07) is 10.5. The van der Waals surface area contributed by atoms with Crippen LogP contribution < -0.4 is 4.72 Å². The normalized spacial score (nSPS) is 11.6. The molecule has 0 spiro atoms. The Morgan fingerprint density at radius 2 is 1.93 bits per heavy atom. The molecule has 0 aliphatic rings. The van der Waals surface area contributed by atoms with Crippen molar-refractivity contribution in [2.75, 3.05) is 11.8 Å². The first-order valence-electron chi connectivity index (χ1n) is 8.67. The summed E-state index contributed by atoms with van der Waals surface area (Å²) in [6.07, 6.45) is 2.01. The molecule has 148 valence electrons. The van der Waals surface area contributed by atoms with Crippen molar-refractivity contribution in [1.82, 2.24) is 4.57 Å². The van der Waals surface area contributed by atoms with Crippen molar-refractivity contribution in [2.24, 2.45) is 0 Å². The molecule has 0 saturated carbocycles. The van der Waals surface area contributed by atoms with Gasteiger partial charge in [-0.25, -0.2) is 8.42 Å².